The van der Waals surface area contributed by atoms with E-state index in [4.69, 9.17) is 9.69 Å². The first-order chi connectivity index (χ1) is 3.06. The van der Waals surface area contributed by atoms with Crippen molar-refractivity contribution in [2.75, 3.05) is 5.08 Å². The molecule has 0 amide bonds. The summed E-state index contributed by atoms with van der Waals surface area (Å²) >= 11 is 0.571. The Bertz CT molecular complexity index is 126. The predicted molar refractivity (Wildman–Crippen MR) is 28.2 cm³/mol. The highest BCUT2D eigenvalue weighted by Crippen LogP contribution is 1.90. The van der Waals surface area contributed by atoms with E-state index in [-0.39, 0.29) is 0 Å². The fourth-order valence-corrected chi connectivity index (χ4v) is 0.774. The Labute approximate surface area is 46.0 Å². The molecular formula is CH5NO3S2. The molecule has 4 nitrogen and oxygen atoms in total. The van der Waals surface area contributed by atoms with Crippen LogP contribution in [-0.2, 0) is 10.1 Å². The SMILES string of the molecule is NSCS(=O)(=O)O. The first kappa shape index (κ1) is 7.22. The molecule has 0 aliphatic carbocycles. The molecule has 0 saturated heterocycles. The van der Waals surface area contributed by atoms with Crippen LogP contribution in [0.2, 0.25) is 0 Å². The minimum absolute atomic E-state index is 0.438. The zero-order chi connectivity index (χ0) is 5.91. The predicted octanol–water partition coefficient (Wildman–Crippen LogP) is -0.561. The van der Waals surface area contributed by atoms with Crippen LogP contribution in [0.15, 0.2) is 0 Å². The Kier molecular flexibility index (Phi) is 2.59. The number of hydrogen-bond donors (Lipinski definition) is 2. The van der Waals surface area contributed by atoms with Gasteiger partial charge in [-0.15, -0.1) is 0 Å². The first-order valence-electron chi connectivity index (χ1n) is 1.33. The Balaban J connectivity index is 3.60. The Hall–Kier alpha value is 0.220. The van der Waals surface area contributed by atoms with Gasteiger partial charge in [-0.1, -0.05) is 11.9 Å². The summed E-state index contributed by atoms with van der Waals surface area (Å²) in [4.78, 5) is 0. The second kappa shape index (κ2) is 2.51. The molecule has 7 heavy (non-hydrogen) atoms. The summed E-state index contributed by atoms with van der Waals surface area (Å²) in [5.74, 6) is 0. The van der Waals surface area contributed by atoms with Crippen molar-refractivity contribution in [3.8, 4) is 0 Å². The van der Waals surface area contributed by atoms with E-state index in [0.29, 0.717) is 11.9 Å². The third kappa shape index (κ3) is 6.22. The van der Waals surface area contributed by atoms with Crippen LogP contribution in [0, 0.1) is 0 Å². The van der Waals surface area contributed by atoms with E-state index in [0.717, 1.165) is 0 Å². The topological polar surface area (TPSA) is 80.4 Å². The maximum Gasteiger partial charge on any atom is 0.275 e. The van der Waals surface area contributed by atoms with Crippen molar-refractivity contribution in [3.05, 3.63) is 0 Å². The molecule has 44 valence electrons. The van der Waals surface area contributed by atoms with Gasteiger partial charge in [0.1, 0.15) is 5.08 Å². The summed E-state index contributed by atoms with van der Waals surface area (Å²) in [6, 6.07) is 0. The zero-order valence-electron chi connectivity index (χ0n) is 3.36. The smallest absolute Gasteiger partial charge is 0.275 e. The van der Waals surface area contributed by atoms with Crippen LogP contribution in [0.3, 0.4) is 0 Å². The van der Waals surface area contributed by atoms with Crippen molar-refractivity contribution in [2.24, 2.45) is 5.14 Å². The molecule has 0 spiro atoms. The zero-order valence-corrected chi connectivity index (χ0v) is 5.00. The molecule has 3 N–H and O–H groups in total. The average Bonchev–Trinajstić information content (AvgIpc) is 1.30. The second-order valence-corrected chi connectivity index (χ2v) is 3.31. The maximum absolute atomic E-state index is 9.69. The summed E-state index contributed by atoms with van der Waals surface area (Å²) in [6.07, 6.45) is 0. The molecule has 0 aromatic rings. The van der Waals surface area contributed by atoms with Gasteiger partial charge in [-0.25, -0.2) is 0 Å². The molecule has 0 aliphatic heterocycles. The van der Waals surface area contributed by atoms with Crippen molar-refractivity contribution in [3.63, 3.8) is 0 Å². The molecule has 0 saturated carbocycles. The lowest BCUT2D eigenvalue weighted by Gasteiger charge is -1.85. The van der Waals surface area contributed by atoms with Crippen molar-refractivity contribution in [2.45, 2.75) is 0 Å². The Morgan fingerprint density at radius 3 is 2.14 bits per heavy atom. The van der Waals surface area contributed by atoms with Gasteiger partial charge in [-0.3, -0.25) is 9.69 Å². The largest absolute Gasteiger partial charge is 0.285 e. The highest BCUT2D eigenvalue weighted by atomic mass is 32.3. The van der Waals surface area contributed by atoms with E-state index in [9.17, 15) is 8.42 Å². The number of hydrogen-bond acceptors (Lipinski definition) is 4. The monoisotopic (exact) mass is 143 g/mol. The van der Waals surface area contributed by atoms with Gasteiger partial charge in [0.25, 0.3) is 10.1 Å². The van der Waals surface area contributed by atoms with E-state index in [2.05, 4.69) is 0 Å². The molecule has 0 aromatic carbocycles. The first-order valence-corrected chi connectivity index (χ1v) is 3.99. The van der Waals surface area contributed by atoms with Gasteiger partial charge in [0.15, 0.2) is 0 Å². The van der Waals surface area contributed by atoms with Crippen LogP contribution in [-0.4, -0.2) is 18.1 Å². The van der Waals surface area contributed by atoms with Crippen LogP contribution < -0.4 is 5.14 Å². The molecule has 0 unspecified atom stereocenters. The number of rotatable bonds is 2. The van der Waals surface area contributed by atoms with Crippen molar-refractivity contribution < 1.29 is 13.0 Å². The molecule has 0 bridgehead atoms. The summed E-state index contributed by atoms with van der Waals surface area (Å²) < 4.78 is 27.3. The third-order valence-electron chi connectivity index (χ3n) is 0.217. The molecular weight excluding hydrogens is 138 g/mol. The summed E-state index contributed by atoms with van der Waals surface area (Å²) in [6.45, 7) is 0. The molecule has 0 rings (SSSR count). The average molecular weight is 143 g/mol. The van der Waals surface area contributed by atoms with E-state index in [1.165, 1.54) is 0 Å². The minimum Gasteiger partial charge on any atom is -0.285 e. The highest BCUT2D eigenvalue weighted by Gasteiger charge is 1.99. The molecule has 0 atom stereocenters. The lowest BCUT2D eigenvalue weighted by molar-refractivity contribution is 0.489. The molecule has 0 fully saturated rings. The summed E-state index contributed by atoms with van der Waals surface area (Å²) in [5, 5.41) is 4.25. The molecule has 0 heterocycles. The number of nitrogens with two attached hydrogens (primary N) is 1. The van der Waals surface area contributed by atoms with Gasteiger partial charge in [-0.05, 0) is 0 Å². The van der Waals surface area contributed by atoms with Crippen LogP contribution in [0.5, 0.6) is 0 Å². The van der Waals surface area contributed by atoms with Gasteiger partial charge in [0, 0.05) is 0 Å². The van der Waals surface area contributed by atoms with E-state index in [1.54, 1.807) is 0 Å². The van der Waals surface area contributed by atoms with Crippen LogP contribution in [0.1, 0.15) is 0 Å². The molecule has 6 heteroatoms. The summed E-state index contributed by atoms with van der Waals surface area (Å²) in [7, 11) is -3.84. The quantitative estimate of drug-likeness (QED) is 0.400. The Morgan fingerprint density at radius 2 is 2.14 bits per heavy atom. The van der Waals surface area contributed by atoms with E-state index in [1.807, 2.05) is 0 Å². The fourth-order valence-electron chi connectivity index (χ4n) is 0.0860. The summed E-state index contributed by atoms with van der Waals surface area (Å²) in [5.41, 5.74) is 0. The second-order valence-electron chi connectivity index (χ2n) is 0.866. The maximum atomic E-state index is 9.69. The lowest BCUT2D eigenvalue weighted by atomic mass is 11.9. The Morgan fingerprint density at radius 1 is 1.71 bits per heavy atom. The van der Waals surface area contributed by atoms with Crippen molar-refractivity contribution in [1.82, 2.24) is 0 Å². The van der Waals surface area contributed by atoms with Crippen LogP contribution in [0.4, 0.5) is 0 Å². The molecule has 0 radical (unpaired) electrons. The van der Waals surface area contributed by atoms with Crippen LogP contribution >= 0.6 is 11.9 Å². The van der Waals surface area contributed by atoms with Gasteiger partial charge in [0.2, 0.25) is 0 Å². The van der Waals surface area contributed by atoms with Crippen molar-refractivity contribution >= 4 is 22.1 Å². The van der Waals surface area contributed by atoms with Gasteiger partial charge in [0.05, 0.1) is 0 Å². The van der Waals surface area contributed by atoms with E-state index < -0.39 is 15.2 Å². The van der Waals surface area contributed by atoms with E-state index >= 15 is 0 Å². The standard InChI is InChI=1S/CH5NO3S2/c2-6-1-7(3,4)5/h1-2H2,(H,3,4,5). The van der Waals surface area contributed by atoms with Crippen molar-refractivity contribution in [1.29, 1.82) is 0 Å². The van der Waals surface area contributed by atoms with Gasteiger partial charge >= 0.3 is 0 Å². The fraction of sp³-hybridized carbons (Fsp3) is 1.00. The normalized spacial score (nSPS) is 11.7. The third-order valence-corrected chi connectivity index (χ3v) is 1.95. The highest BCUT2D eigenvalue weighted by molar-refractivity contribution is 8.09. The van der Waals surface area contributed by atoms with Gasteiger partial charge < -0.3 is 0 Å². The van der Waals surface area contributed by atoms with Crippen LogP contribution in [0.25, 0.3) is 0 Å². The molecule has 0 aliphatic rings. The lowest BCUT2D eigenvalue weighted by Crippen LogP contribution is -2.01. The van der Waals surface area contributed by atoms with Gasteiger partial charge in [-0.2, -0.15) is 8.42 Å². The molecule has 0 aromatic heterocycles. The minimum atomic E-state index is -3.84.